The molecule has 7 heteroatoms. The summed E-state index contributed by atoms with van der Waals surface area (Å²) in [5.74, 6) is -0.0485. The van der Waals surface area contributed by atoms with Crippen molar-refractivity contribution >= 4 is 28.8 Å². The molecule has 1 unspecified atom stereocenters. The summed E-state index contributed by atoms with van der Waals surface area (Å²) in [4.78, 5) is 16.8. The van der Waals surface area contributed by atoms with E-state index in [0.29, 0.717) is 11.4 Å². The highest BCUT2D eigenvalue weighted by Gasteiger charge is 2.25. The molecule has 3 heterocycles. The molecule has 0 aromatic carbocycles. The highest BCUT2D eigenvalue weighted by atomic mass is 32.1. The second kappa shape index (κ2) is 7.30. The molecular formula is C15H20N4OS2. The summed E-state index contributed by atoms with van der Waals surface area (Å²) in [6.07, 6.45) is 3.23. The Morgan fingerprint density at radius 3 is 2.95 bits per heavy atom. The van der Waals surface area contributed by atoms with Crippen LogP contribution in [0.5, 0.6) is 0 Å². The number of aromatic nitrogens is 2. The van der Waals surface area contributed by atoms with Crippen LogP contribution in [0.3, 0.4) is 0 Å². The Labute approximate surface area is 138 Å². The van der Waals surface area contributed by atoms with Crippen molar-refractivity contribution in [3.05, 3.63) is 33.0 Å². The maximum atomic E-state index is 12.4. The summed E-state index contributed by atoms with van der Waals surface area (Å²) in [6.45, 7) is 4.86. The third-order valence-electron chi connectivity index (χ3n) is 4.01. The van der Waals surface area contributed by atoms with E-state index in [1.807, 2.05) is 6.92 Å². The SMILES string of the molecule is CCc1nnsc1C(=O)NCC(c1cccs1)N1CCCC1. The van der Waals surface area contributed by atoms with Crippen LogP contribution in [-0.2, 0) is 6.42 Å². The van der Waals surface area contributed by atoms with Gasteiger partial charge in [-0.05, 0) is 55.3 Å². The molecule has 1 fully saturated rings. The summed E-state index contributed by atoms with van der Waals surface area (Å²) >= 11 is 2.94. The van der Waals surface area contributed by atoms with E-state index in [4.69, 9.17) is 0 Å². The van der Waals surface area contributed by atoms with Gasteiger partial charge >= 0.3 is 0 Å². The molecule has 1 atom stereocenters. The lowest BCUT2D eigenvalue weighted by molar-refractivity contribution is 0.0941. The molecule has 0 aliphatic carbocycles. The van der Waals surface area contributed by atoms with Gasteiger partial charge < -0.3 is 5.32 Å². The van der Waals surface area contributed by atoms with Gasteiger partial charge in [0.2, 0.25) is 0 Å². The number of aryl methyl sites for hydroxylation is 1. The molecule has 0 spiro atoms. The molecule has 3 rings (SSSR count). The first-order valence-corrected chi connectivity index (χ1v) is 9.31. The zero-order chi connectivity index (χ0) is 15.4. The minimum Gasteiger partial charge on any atom is -0.349 e. The molecular weight excluding hydrogens is 316 g/mol. The van der Waals surface area contributed by atoms with Gasteiger partial charge in [-0.2, -0.15) is 0 Å². The first-order chi connectivity index (χ1) is 10.8. The van der Waals surface area contributed by atoms with Gasteiger partial charge in [0.25, 0.3) is 5.91 Å². The number of likely N-dealkylation sites (tertiary alicyclic amines) is 1. The molecule has 0 bridgehead atoms. The zero-order valence-electron chi connectivity index (χ0n) is 12.6. The fourth-order valence-electron chi connectivity index (χ4n) is 2.83. The lowest BCUT2D eigenvalue weighted by atomic mass is 10.2. The van der Waals surface area contributed by atoms with Crippen LogP contribution in [0.4, 0.5) is 0 Å². The Morgan fingerprint density at radius 1 is 1.45 bits per heavy atom. The molecule has 1 amide bonds. The maximum Gasteiger partial charge on any atom is 0.265 e. The fraction of sp³-hybridized carbons (Fsp3) is 0.533. The summed E-state index contributed by atoms with van der Waals surface area (Å²) in [7, 11) is 0. The summed E-state index contributed by atoms with van der Waals surface area (Å²) in [5, 5.41) is 9.19. The highest BCUT2D eigenvalue weighted by Crippen LogP contribution is 2.28. The second-order valence-corrected chi connectivity index (χ2v) is 7.12. The maximum absolute atomic E-state index is 12.4. The number of carbonyl (C=O) groups is 1. The number of rotatable bonds is 6. The minimum absolute atomic E-state index is 0.0485. The predicted octanol–water partition coefficient (Wildman–Crippen LogP) is 2.73. The molecule has 22 heavy (non-hydrogen) atoms. The van der Waals surface area contributed by atoms with Gasteiger partial charge in [-0.3, -0.25) is 9.69 Å². The summed E-state index contributed by atoms with van der Waals surface area (Å²) < 4.78 is 3.89. The van der Waals surface area contributed by atoms with E-state index in [1.165, 1.54) is 29.3 Å². The number of amides is 1. The molecule has 118 valence electrons. The number of nitrogens with zero attached hydrogens (tertiary/aromatic N) is 3. The van der Waals surface area contributed by atoms with Crippen LogP contribution >= 0.6 is 22.9 Å². The molecule has 0 saturated carbocycles. The molecule has 1 aliphatic rings. The van der Waals surface area contributed by atoms with Crippen molar-refractivity contribution in [1.82, 2.24) is 19.8 Å². The number of nitrogens with one attached hydrogen (secondary N) is 1. The van der Waals surface area contributed by atoms with Gasteiger partial charge in [0.1, 0.15) is 4.88 Å². The highest BCUT2D eigenvalue weighted by molar-refractivity contribution is 7.10. The predicted molar refractivity (Wildman–Crippen MR) is 89.5 cm³/mol. The van der Waals surface area contributed by atoms with Crippen molar-refractivity contribution in [1.29, 1.82) is 0 Å². The quantitative estimate of drug-likeness (QED) is 0.881. The number of hydrogen-bond acceptors (Lipinski definition) is 6. The third-order valence-corrected chi connectivity index (χ3v) is 5.75. The molecule has 1 aliphatic heterocycles. The smallest absolute Gasteiger partial charge is 0.265 e. The molecule has 1 N–H and O–H groups in total. The van der Waals surface area contributed by atoms with Gasteiger partial charge in [-0.25, -0.2) is 0 Å². The van der Waals surface area contributed by atoms with Crippen molar-refractivity contribution < 1.29 is 4.79 Å². The number of carbonyl (C=O) groups excluding carboxylic acids is 1. The molecule has 1 saturated heterocycles. The topological polar surface area (TPSA) is 58.1 Å². The minimum atomic E-state index is -0.0485. The van der Waals surface area contributed by atoms with E-state index in [0.717, 1.165) is 25.2 Å². The van der Waals surface area contributed by atoms with Crippen LogP contribution < -0.4 is 5.32 Å². The average molecular weight is 336 g/mol. The Bertz CT molecular complexity index is 605. The Balaban J connectivity index is 1.67. The van der Waals surface area contributed by atoms with Crippen LogP contribution in [0.25, 0.3) is 0 Å². The first kappa shape index (κ1) is 15.6. The van der Waals surface area contributed by atoms with Gasteiger partial charge in [0, 0.05) is 11.4 Å². The zero-order valence-corrected chi connectivity index (χ0v) is 14.3. The van der Waals surface area contributed by atoms with Gasteiger partial charge in [0.05, 0.1) is 11.7 Å². The van der Waals surface area contributed by atoms with Gasteiger partial charge in [-0.15, -0.1) is 16.4 Å². The van der Waals surface area contributed by atoms with Crippen LogP contribution in [0, 0.1) is 0 Å². The molecule has 0 radical (unpaired) electrons. The Hall–Kier alpha value is -1.31. The van der Waals surface area contributed by atoms with Crippen molar-refractivity contribution in [3.63, 3.8) is 0 Å². The lowest BCUT2D eigenvalue weighted by Crippen LogP contribution is -2.36. The monoisotopic (exact) mass is 336 g/mol. The van der Waals surface area contributed by atoms with Crippen molar-refractivity contribution in [3.8, 4) is 0 Å². The number of hydrogen-bond donors (Lipinski definition) is 1. The summed E-state index contributed by atoms with van der Waals surface area (Å²) in [5.41, 5.74) is 0.788. The second-order valence-electron chi connectivity index (χ2n) is 5.39. The van der Waals surface area contributed by atoms with E-state index in [1.54, 1.807) is 11.3 Å². The van der Waals surface area contributed by atoms with Crippen LogP contribution in [-0.4, -0.2) is 40.0 Å². The molecule has 2 aromatic rings. The van der Waals surface area contributed by atoms with E-state index >= 15 is 0 Å². The third kappa shape index (κ3) is 3.37. The first-order valence-electron chi connectivity index (χ1n) is 7.66. The normalized spacial score (nSPS) is 16.8. The van der Waals surface area contributed by atoms with Gasteiger partial charge in [-0.1, -0.05) is 17.5 Å². The van der Waals surface area contributed by atoms with E-state index in [-0.39, 0.29) is 11.9 Å². The summed E-state index contributed by atoms with van der Waals surface area (Å²) in [6, 6.07) is 4.51. The largest absolute Gasteiger partial charge is 0.349 e. The standard InChI is InChI=1S/C15H20N4OS2/c1-2-11-14(22-18-17-11)15(20)16-10-12(13-6-5-9-21-13)19-7-3-4-8-19/h5-6,9,12H,2-4,7-8,10H2,1H3,(H,16,20). The molecule has 5 nitrogen and oxygen atoms in total. The van der Waals surface area contributed by atoms with E-state index in [2.05, 4.69) is 37.3 Å². The lowest BCUT2D eigenvalue weighted by Gasteiger charge is -2.26. The van der Waals surface area contributed by atoms with Crippen LogP contribution in [0.1, 0.15) is 46.0 Å². The Kier molecular flexibility index (Phi) is 5.17. The van der Waals surface area contributed by atoms with Crippen LogP contribution in [0.15, 0.2) is 17.5 Å². The van der Waals surface area contributed by atoms with Crippen molar-refractivity contribution in [2.75, 3.05) is 19.6 Å². The average Bonchev–Trinajstić information content (AvgIpc) is 3.28. The Morgan fingerprint density at radius 2 is 2.27 bits per heavy atom. The van der Waals surface area contributed by atoms with Gasteiger partial charge in [0.15, 0.2) is 0 Å². The molecule has 2 aromatic heterocycles. The van der Waals surface area contributed by atoms with E-state index < -0.39 is 0 Å². The fourth-order valence-corrected chi connectivity index (χ4v) is 4.35. The van der Waals surface area contributed by atoms with Crippen LogP contribution in [0.2, 0.25) is 0 Å². The van der Waals surface area contributed by atoms with E-state index in [9.17, 15) is 4.79 Å². The van der Waals surface area contributed by atoms with Crippen molar-refractivity contribution in [2.24, 2.45) is 0 Å². The van der Waals surface area contributed by atoms with Crippen molar-refractivity contribution in [2.45, 2.75) is 32.2 Å². The number of thiophene rings is 1.